The third-order valence-corrected chi connectivity index (χ3v) is 5.70. The van der Waals surface area contributed by atoms with Crippen LogP contribution >= 0.6 is 57.6 Å². The van der Waals surface area contributed by atoms with Crippen LogP contribution in [-0.4, -0.2) is 23.9 Å². The van der Waals surface area contributed by atoms with Crippen molar-refractivity contribution in [1.29, 1.82) is 0 Å². The summed E-state index contributed by atoms with van der Waals surface area (Å²) in [4.78, 5) is 0. The lowest BCUT2D eigenvalue weighted by molar-refractivity contribution is 0.398. The van der Waals surface area contributed by atoms with E-state index in [0.717, 1.165) is 43.4 Å². The molecule has 3 rings (SSSR count). The predicted octanol–water partition coefficient (Wildman–Crippen LogP) is 4.17. The fourth-order valence-corrected chi connectivity index (χ4v) is 5.35. The quantitative estimate of drug-likeness (QED) is 0.381. The van der Waals surface area contributed by atoms with Gasteiger partial charge in [-0.3, -0.25) is 0 Å². The van der Waals surface area contributed by atoms with Crippen LogP contribution in [0.2, 0.25) is 0 Å². The largest absolute Gasteiger partial charge is 0.504 e. The molecule has 1 aliphatic heterocycles. The second-order valence-electron chi connectivity index (χ2n) is 5.59. The zero-order chi connectivity index (χ0) is 16.6. The van der Waals surface area contributed by atoms with Gasteiger partial charge in [0.25, 0.3) is 0 Å². The molecule has 3 N–H and O–H groups in total. The lowest BCUT2D eigenvalue weighted by atomic mass is 9.90. The summed E-state index contributed by atoms with van der Waals surface area (Å²) in [5.41, 5.74) is 3.38. The zero-order valence-electron chi connectivity index (χ0n) is 13.0. The first-order valence-electron chi connectivity index (χ1n) is 7.29. The number of halogens is 3. The summed E-state index contributed by atoms with van der Waals surface area (Å²) in [5.74, 6) is 0.809. The Morgan fingerprint density at radius 1 is 1.12 bits per heavy atom. The topological polar surface area (TPSA) is 61.7 Å². The van der Waals surface area contributed by atoms with Gasteiger partial charge in [-0.15, -0.1) is 12.4 Å². The highest BCUT2D eigenvalue weighted by atomic mass is 127. The molecule has 0 aromatic heterocycles. The van der Waals surface area contributed by atoms with Gasteiger partial charge in [-0.1, -0.05) is 0 Å². The van der Waals surface area contributed by atoms with Crippen LogP contribution in [0.25, 0.3) is 0 Å². The number of ether oxygens (including phenoxy) is 1. The molecule has 2 aromatic rings. The second kappa shape index (κ2) is 8.29. The second-order valence-corrected chi connectivity index (χ2v) is 7.92. The molecule has 0 saturated heterocycles. The van der Waals surface area contributed by atoms with Crippen LogP contribution in [0.15, 0.2) is 24.3 Å². The van der Waals surface area contributed by atoms with E-state index < -0.39 is 0 Å². The van der Waals surface area contributed by atoms with Gasteiger partial charge in [-0.25, -0.2) is 0 Å². The Kier molecular flexibility index (Phi) is 6.86. The molecule has 130 valence electrons. The molecule has 7 heteroatoms. The predicted molar refractivity (Wildman–Crippen MR) is 114 cm³/mol. The van der Waals surface area contributed by atoms with Crippen molar-refractivity contribution in [1.82, 2.24) is 5.32 Å². The van der Waals surface area contributed by atoms with Gasteiger partial charge in [0.2, 0.25) is 0 Å². The van der Waals surface area contributed by atoms with E-state index in [1.54, 1.807) is 19.2 Å². The molecule has 0 spiro atoms. The minimum Gasteiger partial charge on any atom is -0.504 e. The molecule has 24 heavy (non-hydrogen) atoms. The first-order valence-corrected chi connectivity index (χ1v) is 9.45. The monoisotopic (exact) mass is 573 g/mol. The number of aromatic hydroxyl groups is 2. The molecule has 1 heterocycles. The molecule has 0 amide bonds. The van der Waals surface area contributed by atoms with Gasteiger partial charge in [-0.2, -0.15) is 0 Å². The SMILES string of the molecule is COc1c(I)cc(C[C@H]2NCCc3cc(O)c(O)cc32)cc1I.Cl. The van der Waals surface area contributed by atoms with Crippen molar-refractivity contribution in [2.75, 3.05) is 13.7 Å². The standard InChI is InChI=1S/C17H17I2NO3.ClH/c1-23-17-12(18)4-9(5-13(17)19)6-14-11-8-16(22)15(21)7-10(11)2-3-20-14;/h4-5,7-8,14,20-22H,2-3,6H2,1H3;1H/t14-;/m1./s1. The van der Waals surface area contributed by atoms with Crippen LogP contribution in [0.1, 0.15) is 22.7 Å². The van der Waals surface area contributed by atoms with Gasteiger partial charge in [-0.05, 0) is 106 Å². The third-order valence-electron chi connectivity index (χ3n) is 4.10. The first kappa shape index (κ1) is 19.9. The normalized spacial score (nSPS) is 16.2. The van der Waals surface area contributed by atoms with Crippen LogP contribution in [0.5, 0.6) is 17.2 Å². The van der Waals surface area contributed by atoms with Crippen LogP contribution in [0, 0.1) is 7.14 Å². The molecular weight excluding hydrogens is 555 g/mol. The maximum absolute atomic E-state index is 9.82. The Morgan fingerprint density at radius 2 is 1.75 bits per heavy atom. The summed E-state index contributed by atoms with van der Waals surface area (Å²) in [6.45, 7) is 0.867. The van der Waals surface area contributed by atoms with Crippen LogP contribution in [0.4, 0.5) is 0 Å². The van der Waals surface area contributed by atoms with Crippen LogP contribution < -0.4 is 10.1 Å². The van der Waals surface area contributed by atoms with Gasteiger partial charge >= 0.3 is 0 Å². The van der Waals surface area contributed by atoms with E-state index in [0.29, 0.717) is 0 Å². The van der Waals surface area contributed by atoms with Gasteiger partial charge in [0.05, 0.1) is 14.3 Å². The Balaban J connectivity index is 0.00000208. The Bertz CT molecular complexity index is 732. The van der Waals surface area contributed by atoms with E-state index in [-0.39, 0.29) is 29.9 Å². The highest BCUT2D eigenvalue weighted by molar-refractivity contribution is 14.1. The van der Waals surface area contributed by atoms with Gasteiger partial charge in [0, 0.05) is 6.04 Å². The van der Waals surface area contributed by atoms with Crippen molar-refractivity contribution in [3.8, 4) is 17.2 Å². The number of benzene rings is 2. The minimum atomic E-state index is -0.0589. The number of rotatable bonds is 3. The number of methoxy groups -OCH3 is 1. The highest BCUT2D eigenvalue weighted by Gasteiger charge is 2.22. The molecule has 2 aromatic carbocycles. The third kappa shape index (κ3) is 4.03. The smallest absolute Gasteiger partial charge is 0.157 e. The Hall–Kier alpha value is -0.450. The highest BCUT2D eigenvalue weighted by Crippen LogP contribution is 2.36. The van der Waals surface area contributed by atoms with E-state index >= 15 is 0 Å². The average Bonchev–Trinajstić information content (AvgIpc) is 2.49. The molecule has 0 radical (unpaired) electrons. The van der Waals surface area contributed by atoms with Gasteiger partial charge in [0.1, 0.15) is 5.75 Å². The number of nitrogens with one attached hydrogen (secondary N) is 1. The molecule has 0 fully saturated rings. The van der Waals surface area contributed by atoms with E-state index in [1.165, 1.54) is 5.56 Å². The fourth-order valence-electron chi connectivity index (χ4n) is 3.01. The summed E-state index contributed by atoms with van der Waals surface area (Å²) in [6, 6.07) is 7.77. The fraction of sp³-hybridized carbons (Fsp3) is 0.294. The first-order chi connectivity index (χ1) is 11.0. The van der Waals surface area contributed by atoms with Crippen molar-refractivity contribution in [2.45, 2.75) is 18.9 Å². The van der Waals surface area contributed by atoms with Crippen molar-refractivity contribution in [3.63, 3.8) is 0 Å². The van der Waals surface area contributed by atoms with E-state index in [4.69, 9.17) is 4.74 Å². The summed E-state index contributed by atoms with van der Waals surface area (Å²) in [6.07, 6.45) is 1.69. The van der Waals surface area contributed by atoms with Crippen molar-refractivity contribution in [3.05, 3.63) is 48.1 Å². The summed E-state index contributed by atoms with van der Waals surface area (Å²) in [7, 11) is 1.69. The van der Waals surface area contributed by atoms with Gasteiger partial charge in [0.15, 0.2) is 11.5 Å². The molecule has 1 aliphatic rings. The molecule has 0 aliphatic carbocycles. The molecule has 4 nitrogen and oxygen atoms in total. The Morgan fingerprint density at radius 3 is 2.38 bits per heavy atom. The summed E-state index contributed by atoms with van der Waals surface area (Å²) >= 11 is 4.58. The van der Waals surface area contributed by atoms with E-state index in [9.17, 15) is 10.2 Å². The average molecular weight is 574 g/mol. The number of phenols is 2. The Labute approximate surface area is 174 Å². The lowest BCUT2D eigenvalue weighted by Crippen LogP contribution is -2.31. The summed E-state index contributed by atoms with van der Waals surface area (Å²) < 4.78 is 7.60. The van der Waals surface area contributed by atoms with E-state index in [2.05, 4.69) is 62.6 Å². The number of hydrogen-bond donors (Lipinski definition) is 3. The summed E-state index contributed by atoms with van der Waals surface area (Å²) in [5, 5.41) is 23.0. The number of fused-ring (bicyclic) bond motifs is 1. The maximum Gasteiger partial charge on any atom is 0.157 e. The number of hydrogen-bond acceptors (Lipinski definition) is 4. The van der Waals surface area contributed by atoms with Crippen molar-refractivity contribution >= 4 is 57.6 Å². The maximum atomic E-state index is 9.82. The molecule has 1 atom stereocenters. The van der Waals surface area contributed by atoms with Crippen molar-refractivity contribution < 1.29 is 14.9 Å². The van der Waals surface area contributed by atoms with Crippen LogP contribution in [-0.2, 0) is 12.8 Å². The molecule has 0 saturated carbocycles. The van der Waals surface area contributed by atoms with E-state index in [1.807, 2.05) is 0 Å². The van der Waals surface area contributed by atoms with Gasteiger partial charge < -0.3 is 20.3 Å². The number of phenolic OH excluding ortho intramolecular Hbond substituents is 2. The lowest BCUT2D eigenvalue weighted by Gasteiger charge is -2.27. The van der Waals surface area contributed by atoms with Crippen LogP contribution in [0.3, 0.4) is 0 Å². The van der Waals surface area contributed by atoms with Crippen molar-refractivity contribution in [2.24, 2.45) is 0 Å². The molecule has 0 bridgehead atoms. The minimum absolute atomic E-state index is 0. The molecular formula is C17H18ClI2NO3. The molecule has 0 unspecified atom stereocenters. The zero-order valence-corrected chi connectivity index (χ0v) is 18.1.